The van der Waals surface area contributed by atoms with E-state index in [0.717, 1.165) is 0 Å². The molecule has 2 aromatic rings. The Hall–Kier alpha value is -1.34. The quantitative estimate of drug-likeness (QED) is 0.700. The van der Waals surface area contributed by atoms with Crippen LogP contribution in [0.2, 0.25) is 0 Å². The molecule has 0 aromatic heterocycles. The van der Waals surface area contributed by atoms with Crippen LogP contribution in [0.3, 0.4) is 0 Å². The van der Waals surface area contributed by atoms with Crippen molar-refractivity contribution in [1.82, 2.24) is 0 Å². The summed E-state index contributed by atoms with van der Waals surface area (Å²) in [6.07, 6.45) is 2.23. The fourth-order valence-corrected chi connectivity index (χ4v) is 3.25. The summed E-state index contributed by atoms with van der Waals surface area (Å²) in [5, 5.41) is 0. The summed E-state index contributed by atoms with van der Waals surface area (Å²) in [6, 6.07) is 17.2. The van der Waals surface area contributed by atoms with Crippen LogP contribution in [0.15, 0.2) is 53.0 Å². The van der Waals surface area contributed by atoms with Gasteiger partial charge in [0.05, 0.1) is 0 Å². The van der Waals surface area contributed by atoms with E-state index in [4.69, 9.17) is 0 Å². The average molecular weight is 285 g/mol. The van der Waals surface area contributed by atoms with Gasteiger partial charge in [0.1, 0.15) is 0 Å². The maximum atomic E-state index is 3.72. The molecule has 1 heteroatoms. The Bertz CT molecular complexity index is 596. The van der Waals surface area contributed by atoms with Gasteiger partial charge in [-0.2, -0.15) is 0 Å². The van der Waals surface area contributed by atoms with Gasteiger partial charge in [0.15, 0.2) is 0 Å². The molecule has 3 rings (SSSR count). The minimum absolute atomic E-state index is 0.368. The monoisotopic (exact) mass is 284 g/mol. The largest absolute Gasteiger partial charge is 0.0620 e. The summed E-state index contributed by atoms with van der Waals surface area (Å²) in [6.45, 7) is 2.18. The average Bonchev–Trinajstić information content (AvgIpc) is 2.66. The molecular weight excluding hydrogens is 272 g/mol. The van der Waals surface area contributed by atoms with Crippen LogP contribution in [0.1, 0.15) is 28.2 Å². The molecule has 0 aliphatic heterocycles. The second-order valence-corrected chi connectivity index (χ2v) is 5.36. The number of rotatable bonds is 1. The van der Waals surface area contributed by atoms with Crippen molar-refractivity contribution in [3.8, 4) is 0 Å². The van der Waals surface area contributed by atoms with E-state index in [0.29, 0.717) is 5.92 Å². The van der Waals surface area contributed by atoms with Gasteiger partial charge in [-0.15, -0.1) is 0 Å². The van der Waals surface area contributed by atoms with Crippen molar-refractivity contribution in [2.24, 2.45) is 0 Å². The standard InChI is InChI=1S/C16H13Br/c1-11-6-2-4-8-13(11)16-14-9-5-3-7-12(14)10-15(16)17/h2-10,16H,1H3. The number of hydrogen-bond acceptors (Lipinski definition) is 0. The molecule has 2 aromatic carbocycles. The van der Waals surface area contributed by atoms with Crippen molar-refractivity contribution in [3.05, 3.63) is 75.3 Å². The van der Waals surface area contributed by atoms with Crippen LogP contribution in [0.25, 0.3) is 6.08 Å². The van der Waals surface area contributed by atoms with Gasteiger partial charge in [0.25, 0.3) is 0 Å². The first-order valence-corrected chi connectivity index (χ1v) is 6.58. The second kappa shape index (κ2) is 4.15. The first-order chi connectivity index (χ1) is 8.27. The van der Waals surface area contributed by atoms with E-state index in [1.165, 1.54) is 26.7 Å². The van der Waals surface area contributed by atoms with Crippen LogP contribution in [0, 0.1) is 6.92 Å². The van der Waals surface area contributed by atoms with E-state index >= 15 is 0 Å². The van der Waals surface area contributed by atoms with E-state index in [1.54, 1.807) is 0 Å². The molecule has 0 heterocycles. The molecular formula is C16H13Br. The third kappa shape index (κ3) is 1.75. The molecule has 0 saturated heterocycles. The number of allylic oxidation sites excluding steroid dienone is 1. The normalized spacial score (nSPS) is 17.8. The molecule has 1 unspecified atom stereocenters. The molecule has 0 spiro atoms. The zero-order chi connectivity index (χ0) is 11.8. The number of hydrogen-bond donors (Lipinski definition) is 0. The van der Waals surface area contributed by atoms with Gasteiger partial charge in [-0.05, 0) is 35.3 Å². The van der Waals surface area contributed by atoms with Crippen LogP contribution >= 0.6 is 15.9 Å². The van der Waals surface area contributed by atoms with E-state index in [2.05, 4.69) is 77.5 Å². The van der Waals surface area contributed by atoms with Gasteiger partial charge in [-0.1, -0.05) is 64.5 Å². The Balaban J connectivity index is 2.18. The van der Waals surface area contributed by atoms with E-state index < -0.39 is 0 Å². The third-order valence-corrected chi connectivity index (χ3v) is 4.06. The summed E-state index contributed by atoms with van der Waals surface area (Å²) in [7, 11) is 0. The Morgan fingerprint density at radius 2 is 1.53 bits per heavy atom. The second-order valence-electron chi connectivity index (χ2n) is 4.45. The molecule has 0 fully saturated rings. The minimum Gasteiger partial charge on any atom is -0.0620 e. The summed E-state index contributed by atoms with van der Waals surface area (Å²) in [4.78, 5) is 0. The molecule has 84 valence electrons. The number of benzene rings is 2. The van der Waals surface area contributed by atoms with Crippen LogP contribution in [0.5, 0.6) is 0 Å². The van der Waals surface area contributed by atoms with Gasteiger partial charge >= 0.3 is 0 Å². The zero-order valence-corrected chi connectivity index (χ0v) is 11.2. The summed E-state index contributed by atoms with van der Waals surface area (Å²) in [5.41, 5.74) is 5.46. The molecule has 17 heavy (non-hydrogen) atoms. The van der Waals surface area contributed by atoms with Crippen LogP contribution < -0.4 is 0 Å². The lowest BCUT2D eigenvalue weighted by Crippen LogP contribution is -2.00. The molecule has 0 nitrogen and oxygen atoms in total. The Labute approximate surface area is 110 Å². The molecule has 1 atom stereocenters. The zero-order valence-electron chi connectivity index (χ0n) is 9.65. The SMILES string of the molecule is Cc1ccccc1C1C(Br)=Cc2ccccc21. The topological polar surface area (TPSA) is 0 Å². The smallest absolute Gasteiger partial charge is 0.0414 e. The molecule has 0 bridgehead atoms. The molecule has 0 radical (unpaired) electrons. The van der Waals surface area contributed by atoms with E-state index in [-0.39, 0.29) is 0 Å². The third-order valence-electron chi connectivity index (χ3n) is 3.38. The van der Waals surface area contributed by atoms with Crippen LogP contribution in [-0.4, -0.2) is 0 Å². The van der Waals surface area contributed by atoms with Gasteiger partial charge in [0.2, 0.25) is 0 Å². The fourth-order valence-electron chi connectivity index (χ4n) is 2.51. The predicted molar refractivity (Wildman–Crippen MR) is 76.4 cm³/mol. The highest BCUT2D eigenvalue weighted by molar-refractivity contribution is 9.11. The summed E-state index contributed by atoms with van der Waals surface area (Å²) >= 11 is 3.72. The van der Waals surface area contributed by atoms with Crippen LogP contribution in [0.4, 0.5) is 0 Å². The lowest BCUT2D eigenvalue weighted by molar-refractivity contribution is 1.02. The Kier molecular flexibility index (Phi) is 2.64. The van der Waals surface area contributed by atoms with Crippen molar-refractivity contribution in [3.63, 3.8) is 0 Å². The molecule has 1 aliphatic carbocycles. The fraction of sp³-hybridized carbons (Fsp3) is 0.125. The highest BCUT2D eigenvalue weighted by atomic mass is 79.9. The first kappa shape index (κ1) is 10.8. The number of aryl methyl sites for hydroxylation is 1. The van der Waals surface area contributed by atoms with E-state index in [1.807, 2.05) is 0 Å². The first-order valence-electron chi connectivity index (χ1n) is 5.79. The predicted octanol–water partition coefficient (Wildman–Crippen LogP) is 4.88. The molecule has 0 saturated carbocycles. The van der Waals surface area contributed by atoms with Crippen molar-refractivity contribution in [2.75, 3.05) is 0 Å². The van der Waals surface area contributed by atoms with Crippen molar-refractivity contribution >= 4 is 22.0 Å². The highest BCUT2D eigenvalue weighted by Crippen LogP contribution is 2.44. The van der Waals surface area contributed by atoms with Crippen molar-refractivity contribution in [1.29, 1.82) is 0 Å². The molecule has 0 amide bonds. The summed E-state index contributed by atoms with van der Waals surface area (Å²) in [5.74, 6) is 0.368. The Morgan fingerprint density at radius 3 is 2.29 bits per heavy atom. The summed E-state index contributed by atoms with van der Waals surface area (Å²) < 4.78 is 1.26. The number of halogens is 1. The van der Waals surface area contributed by atoms with Crippen molar-refractivity contribution in [2.45, 2.75) is 12.8 Å². The molecule has 1 aliphatic rings. The van der Waals surface area contributed by atoms with Gasteiger partial charge < -0.3 is 0 Å². The highest BCUT2D eigenvalue weighted by Gasteiger charge is 2.25. The Morgan fingerprint density at radius 1 is 0.882 bits per heavy atom. The van der Waals surface area contributed by atoms with Gasteiger partial charge in [-0.25, -0.2) is 0 Å². The van der Waals surface area contributed by atoms with Gasteiger partial charge in [-0.3, -0.25) is 0 Å². The number of fused-ring (bicyclic) bond motifs is 1. The maximum Gasteiger partial charge on any atom is 0.0414 e. The molecule has 0 N–H and O–H groups in total. The maximum absolute atomic E-state index is 3.72. The van der Waals surface area contributed by atoms with Gasteiger partial charge in [0, 0.05) is 10.4 Å². The lowest BCUT2D eigenvalue weighted by atomic mass is 9.90. The minimum atomic E-state index is 0.368. The van der Waals surface area contributed by atoms with E-state index in [9.17, 15) is 0 Å². The van der Waals surface area contributed by atoms with Crippen molar-refractivity contribution < 1.29 is 0 Å². The lowest BCUT2D eigenvalue weighted by Gasteiger charge is -2.16. The van der Waals surface area contributed by atoms with Crippen LogP contribution in [-0.2, 0) is 0 Å².